The number of amides is 1. The highest BCUT2D eigenvalue weighted by atomic mass is 16.1. The number of nitrogens with zero attached hydrogens (tertiary/aromatic N) is 7. The molecule has 3 aromatic heterocycles. The normalized spacial score (nSPS) is 20.5. The van der Waals surface area contributed by atoms with Crippen molar-refractivity contribution in [3.8, 4) is 5.69 Å². The van der Waals surface area contributed by atoms with Crippen LogP contribution in [0.3, 0.4) is 0 Å². The molecule has 2 fully saturated rings. The van der Waals surface area contributed by atoms with Crippen LogP contribution in [0.2, 0.25) is 0 Å². The lowest BCUT2D eigenvalue weighted by molar-refractivity contribution is 0.0962. The third kappa shape index (κ3) is 3.67. The summed E-state index contributed by atoms with van der Waals surface area (Å²) < 4.78 is 3.87. The van der Waals surface area contributed by atoms with E-state index in [2.05, 4.69) is 41.2 Å². The van der Waals surface area contributed by atoms with Crippen molar-refractivity contribution in [1.82, 2.24) is 39.8 Å². The fourth-order valence-corrected chi connectivity index (χ4v) is 3.91. The van der Waals surface area contributed by atoms with E-state index in [0.717, 1.165) is 42.3 Å². The largest absolute Gasteiger partial charge is 0.321 e. The maximum Gasteiger partial charge on any atom is 0.274 e. The molecule has 1 amide bonds. The summed E-state index contributed by atoms with van der Waals surface area (Å²) in [7, 11) is 0. The van der Waals surface area contributed by atoms with Gasteiger partial charge in [-0.05, 0) is 56.4 Å². The molecule has 1 atom stereocenters. The molecule has 1 N–H and O–H groups in total. The Morgan fingerprint density at radius 2 is 2.03 bits per heavy atom. The van der Waals surface area contributed by atoms with Crippen molar-refractivity contribution in [3.05, 3.63) is 72.3 Å². The number of rotatable bonds is 6. The van der Waals surface area contributed by atoms with Gasteiger partial charge in [0.1, 0.15) is 24.2 Å². The third-order valence-electron chi connectivity index (χ3n) is 5.89. The molecule has 0 bridgehead atoms. The highest BCUT2D eigenvalue weighted by molar-refractivity contribution is 5.94. The SMILES string of the molecule is O=C(NC1=CC(c2nncn2C2CC2)CC=C1)c1cc(-n2cnc(C3CC3)n2)ccn1. The fourth-order valence-electron chi connectivity index (χ4n) is 3.91. The van der Waals surface area contributed by atoms with Gasteiger partial charge in [0.25, 0.3) is 5.91 Å². The van der Waals surface area contributed by atoms with Gasteiger partial charge in [0, 0.05) is 29.8 Å². The molecule has 9 heteroatoms. The second-order valence-electron chi connectivity index (χ2n) is 8.37. The standard InChI is InChI=1S/C22H22N8O/c31-22(19-11-18(8-9-23-19)30-12-24-20(28-30)14-4-5-14)26-16-3-1-2-15(10-16)21-27-25-13-29(21)17-6-7-17/h1,3,8-15,17H,2,4-7H2,(H,26,31). The molecule has 9 nitrogen and oxygen atoms in total. The summed E-state index contributed by atoms with van der Waals surface area (Å²) in [5.41, 5.74) is 1.84. The Kier molecular flexibility index (Phi) is 4.26. The average Bonchev–Trinajstić information content (AvgIpc) is 3.73. The lowest BCUT2D eigenvalue weighted by atomic mass is 9.98. The van der Waals surface area contributed by atoms with E-state index in [-0.39, 0.29) is 11.8 Å². The second kappa shape index (κ2) is 7.26. The van der Waals surface area contributed by atoms with E-state index in [9.17, 15) is 4.79 Å². The van der Waals surface area contributed by atoms with Crippen LogP contribution < -0.4 is 5.32 Å². The molecule has 3 aliphatic carbocycles. The third-order valence-corrected chi connectivity index (χ3v) is 5.89. The lowest BCUT2D eigenvalue weighted by Crippen LogP contribution is -2.24. The molecule has 1 unspecified atom stereocenters. The molecule has 6 rings (SSSR count). The second-order valence-corrected chi connectivity index (χ2v) is 8.37. The summed E-state index contributed by atoms with van der Waals surface area (Å²) in [6.45, 7) is 0. The van der Waals surface area contributed by atoms with Crippen molar-refractivity contribution in [2.75, 3.05) is 0 Å². The van der Waals surface area contributed by atoms with Crippen LogP contribution in [0, 0.1) is 0 Å². The van der Waals surface area contributed by atoms with Gasteiger partial charge in [-0.15, -0.1) is 10.2 Å². The average molecular weight is 414 g/mol. The number of aromatic nitrogens is 7. The molecule has 0 aromatic carbocycles. The summed E-state index contributed by atoms with van der Waals surface area (Å²) >= 11 is 0. The Morgan fingerprint density at radius 3 is 2.87 bits per heavy atom. The number of carbonyl (C=O) groups excluding carboxylic acids is 1. The van der Waals surface area contributed by atoms with Crippen molar-refractivity contribution >= 4 is 5.91 Å². The summed E-state index contributed by atoms with van der Waals surface area (Å²) in [6.07, 6.45) is 16.6. The minimum Gasteiger partial charge on any atom is -0.321 e. The summed E-state index contributed by atoms with van der Waals surface area (Å²) in [5.74, 6) is 2.14. The molecule has 3 heterocycles. The van der Waals surface area contributed by atoms with E-state index in [0.29, 0.717) is 17.7 Å². The van der Waals surface area contributed by atoms with Crippen molar-refractivity contribution in [2.45, 2.75) is 50.0 Å². The molecular formula is C22H22N8O. The van der Waals surface area contributed by atoms with Crippen molar-refractivity contribution in [2.24, 2.45) is 0 Å². The molecule has 3 aliphatic rings. The van der Waals surface area contributed by atoms with Gasteiger partial charge in [0.2, 0.25) is 0 Å². The maximum atomic E-state index is 12.9. The van der Waals surface area contributed by atoms with E-state index in [1.807, 2.05) is 24.5 Å². The van der Waals surface area contributed by atoms with Gasteiger partial charge in [0.15, 0.2) is 5.82 Å². The minimum atomic E-state index is -0.260. The van der Waals surface area contributed by atoms with E-state index in [1.165, 1.54) is 12.8 Å². The quantitative estimate of drug-likeness (QED) is 0.665. The number of hydrogen-bond donors (Lipinski definition) is 1. The van der Waals surface area contributed by atoms with E-state index in [4.69, 9.17) is 0 Å². The summed E-state index contributed by atoms with van der Waals surface area (Å²) in [6, 6.07) is 4.07. The minimum absolute atomic E-state index is 0.0960. The van der Waals surface area contributed by atoms with Crippen molar-refractivity contribution < 1.29 is 4.79 Å². The first kappa shape index (κ1) is 18.2. The lowest BCUT2D eigenvalue weighted by Gasteiger charge is -2.17. The van der Waals surface area contributed by atoms with Crippen LogP contribution in [-0.4, -0.2) is 40.4 Å². The van der Waals surface area contributed by atoms with Gasteiger partial charge >= 0.3 is 0 Å². The van der Waals surface area contributed by atoms with Crippen LogP contribution in [0.5, 0.6) is 0 Å². The van der Waals surface area contributed by atoms with Gasteiger partial charge in [-0.25, -0.2) is 9.67 Å². The Balaban J connectivity index is 1.19. The van der Waals surface area contributed by atoms with Crippen LogP contribution in [0.1, 0.15) is 72.1 Å². The highest BCUT2D eigenvalue weighted by Gasteiger charge is 2.29. The predicted molar refractivity (Wildman–Crippen MR) is 111 cm³/mol. The predicted octanol–water partition coefficient (Wildman–Crippen LogP) is 2.82. The van der Waals surface area contributed by atoms with E-state index >= 15 is 0 Å². The molecule has 156 valence electrons. The first-order valence-corrected chi connectivity index (χ1v) is 10.7. The first-order valence-electron chi connectivity index (χ1n) is 10.7. The number of hydrogen-bond acceptors (Lipinski definition) is 6. The molecule has 2 saturated carbocycles. The zero-order chi connectivity index (χ0) is 20.8. The van der Waals surface area contributed by atoms with Gasteiger partial charge in [-0.2, -0.15) is 5.10 Å². The molecule has 0 spiro atoms. The van der Waals surface area contributed by atoms with Gasteiger partial charge in [-0.1, -0.05) is 6.08 Å². The Hall–Kier alpha value is -3.62. The molecule has 3 aromatic rings. The molecule has 0 saturated heterocycles. The van der Waals surface area contributed by atoms with Gasteiger partial charge < -0.3 is 9.88 Å². The molecule has 31 heavy (non-hydrogen) atoms. The maximum absolute atomic E-state index is 12.9. The zero-order valence-corrected chi connectivity index (χ0v) is 16.9. The summed E-state index contributed by atoms with van der Waals surface area (Å²) in [4.78, 5) is 21.5. The fraction of sp³-hybridized carbons (Fsp3) is 0.364. The first-order chi connectivity index (χ1) is 15.2. The van der Waals surface area contributed by atoms with Gasteiger partial charge in [-0.3, -0.25) is 9.78 Å². The Labute approximate surface area is 178 Å². The van der Waals surface area contributed by atoms with E-state index < -0.39 is 0 Å². The molecule has 0 radical (unpaired) electrons. The Bertz CT molecular complexity index is 1200. The zero-order valence-electron chi connectivity index (χ0n) is 16.9. The number of nitrogens with one attached hydrogen (secondary N) is 1. The van der Waals surface area contributed by atoms with Crippen LogP contribution in [0.25, 0.3) is 5.69 Å². The van der Waals surface area contributed by atoms with Crippen LogP contribution >= 0.6 is 0 Å². The topological polar surface area (TPSA) is 103 Å². The number of allylic oxidation sites excluding steroid dienone is 3. The smallest absolute Gasteiger partial charge is 0.274 e. The molecule has 0 aliphatic heterocycles. The number of pyridine rings is 1. The van der Waals surface area contributed by atoms with Crippen LogP contribution in [0.4, 0.5) is 0 Å². The van der Waals surface area contributed by atoms with Crippen molar-refractivity contribution in [1.29, 1.82) is 0 Å². The van der Waals surface area contributed by atoms with Crippen LogP contribution in [-0.2, 0) is 0 Å². The van der Waals surface area contributed by atoms with E-state index in [1.54, 1.807) is 23.3 Å². The van der Waals surface area contributed by atoms with Crippen LogP contribution in [0.15, 0.2) is 54.9 Å². The summed E-state index contributed by atoms with van der Waals surface area (Å²) in [5, 5.41) is 15.9. The number of carbonyl (C=O) groups is 1. The van der Waals surface area contributed by atoms with Crippen molar-refractivity contribution in [3.63, 3.8) is 0 Å². The molecular weight excluding hydrogens is 392 g/mol. The highest BCUT2D eigenvalue weighted by Crippen LogP contribution is 2.38. The monoisotopic (exact) mass is 414 g/mol. The van der Waals surface area contributed by atoms with Gasteiger partial charge in [0.05, 0.1) is 5.69 Å². The Morgan fingerprint density at radius 1 is 1.13 bits per heavy atom.